The maximum atomic E-state index is 13.9. The highest BCUT2D eigenvalue weighted by atomic mass is 19.1. The second kappa shape index (κ2) is 5.29. The molecule has 1 N–H and O–H groups in total. The van der Waals surface area contributed by atoms with Gasteiger partial charge in [-0.05, 0) is 36.9 Å². The Kier molecular flexibility index (Phi) is 3.90. The van der Waals surface area contributed by atoms with Crippen LogP contribution in [-0.4, -0.2) is 29.1 Å². The highest BCUT2D eigenvalue weighted by Crippen LogP contribution is 2.29. The van der Waals surface area contributed by atoms with Crippen LogP contribution < -0.4 is 0 Å². The van der Waals surface area contributed by atoms with Crippen LogP contribution in [0.5, 0.6) is 0 Å². The molecule has 1 aromatic carbocycles. The number of hydrogen-bond acceptors (Lipinski definition) is 2. The highest BCUT2D eigenvalue weighted by molar-refractivity contribution is 5.87. The summed E-state index contributed by atoms with van der Waals surface area (Å²) in [6, 6.07) is 4.16. The molecule has 19 heavy (non-hydrogen) atoms. The van der Waals surface area contributed by atoms with Crippen molar-refractivity contribution in [1.29, 1.82) is 0 Å². The molecule has 2 rings (SSSR count). The van der Waals surface area contributed by atoms with Crippen molar-refractivity contribution in [3.8, 4) is 0 Å². The van der Waals surface area contributed by atoms with E-state index in [4.69, 9.17) is 5.11 Å². The van der Waals surface area contributed by atoms with Crippen molar-refractivity contribution in [3.05, 3.63) is 35.1 Å². The summed E-state index contributed by atoms with van der Waals surface area (Å²) in [4.78, 5) is 13.0. The summed E-state index contributed by atoms with van der Waals surface area (Å²) in [6.45, 7) is 6.93. The summed E-state index contributed by atoms with van der Waals surface area (Å²) in [6.07, 6.45) is 2.33. The number of nitrogens with zero attached hydrogens (tertiary/aromatic N) is 1. The second-order valence-electron chi connectivity index (χ2n) is 6.09. The number of carboxylic acids is 1. The maximum absolute atomic E-state index is 13.9. The van der Waals surface area contributed by atoms with Crippen LogP contribution in [0.3, 0.4) is 0 Å². The molecule has 0 radical (unpaired) electrons. The molecule has 0 aliphatic carbocycles. The second-order valence-corrected chi connectivity index (χ2v) is 6.09. The minimum Gasteiger partial charge on any atom is -0.478 e. The summed E-state index contributed by atoms with van der Waals surface area (Å²) in [5.74, 6) is -1.52. The van der Waals surface area contributed by atoms with Crippen LogP contribution in [-0.2, 0) is 6.54 Å². The van der Waals surface area contributed by atoms with E-state index in [0.29, 0.717) is 12.1 Å². The Hall–Kier alpha value is -1.42. The molecular formula is C15H20FNO2. The van der Waals surface area contributed by atoms with Gasteiger partial charge in [-0.15, -0.1) is 0 Å². The SMILES string of the molecule is CC1(C)CCCN(Cc2ccc(C(=O)O)cc2F)C1. The summed E-state index contributed by atoms with van der Waals surface area (Å²) in [7, 11) is 0. The highest BCUT2D eigenvalue weighted by Gasteiger charge is 2.26. The number of carbonyl (C=O) groups is 1. The lowest BCUT2D eigenvalue weighted by atomic mass is 9.84. The third kappa shape index (κ3) is 3.53. The lowest BCUT2D eigenvalue weighted by molar-refractivity contribution is 0.0696. The third-order valence-corrected chi connectivity index (χ3v) is 3.67. The molecule has 1 aromatic rings. The fourth-order valence-electron chi connectivity index (χ4n) is 2.73. The Morgan fingerprint density at radius 1 is 1.47 bits per heavy atom. The average Bonchev–Trinajstić information content (AvgIpc) is 2.30. The zero-order valence-electron chi connectivity index (χ0n) is 11.4. The molecule has 1 saturated heterocycles. The van der Waals surface area contributed by atoms with Crippen LogP contribution >= 0.6 is 0 Å². The van der Waals surface area contributed by atoms with E-state index in [1.165, 1.54) is 12.5 Å². The number of benzene rings is 1. The predicted octanol–water partition coefficient (Wildman–Crippen LogP) is 3.15. The van der Waals surface area contributed by atoms with E-state index in [9.17, 15) is 9.18 Å². The summed E-state index contributed by atoms with van der Waals surface area (Å²) in [5, 5.41) is 8.81. The van der Waals surface area contributed by atoms with Gasteiger partial charge in [0.2, 0.25) is 0 Å². The van der Waals surface area contributed by atoms with Crippen molar-refractivity contribution in [1.82, 2.24) is 4.90 Å². The lowest BCUT2D eigenvalue weighted by Crippen LogP contribution is -2.39. The maximum Gasteiger partial charge on any atom is 0.335 e. The van der Waals surface area contributed by atoms with Crippen LogP contribution in [0.2, 0.25) is 0 Å². The zero-order chi connectivity index (χ0) is 14.0. The van der Waals surface area contributed by atoms with E-state index < -0.39 is 11.8 Å². The molecule has 1 aliphatic heterocycles. The first-order valence-electron chi connectivity index (χ1n) is 6.61. The van der Waals surface area contributed by atoms with Gasteiger partial charge in [-0.2, -0.15) is 0 Å². The first-order valence-corrected chi connectivity index (χ1v) is 6.61. The van der Waals surface area contributed by atoms with Crippen molar-refractivity contribution in [2.24, 2.45) is 5.41 Å². The first-order chi connectivity index (χ1) is 8.87. The van der Waals surface area contributed by atoms with Crippen LogP contribution in [0.4, 0.5) is 4.39 Å². The number of aromatic carboxylic acids is 1. The number of piperidine rings is 1. The van der Waals surface area contributed by atoms with E-state index in [0.717, 1.165) is 25.6 Å². The fraction of sp³-hybridized carbons (Fsp3) is 0.533. The quantitative estimate of drug-likeness (QED) is 0.912. The van der Waals surface area contributed by atoms with Gasteiger partial charge in [-0.3, -0.25) is 4.90 Å². The zero-order valence-corrected chi connectivity index (χ0v) is 11.4. The summed E-state index contributed by atoms with van der Waals surface area (Å²) >= 11 is 0. The molecule has 0 unspecified atom stereocenters. The van der Waals surface area contributed by atoms with Gasteiger partial charge < -0.3 is 5.11 Å². The van der Waals surface area contributed by atoms with E-state index >= 15 is 0 Å². The van der Waals surface area contributed by atoms with Crippen LogP contribution in [0.1, 0.15) is 42.6 Å². The molecular weight excluding hydrogens is 245 g/mol. The Balaban J connectivity index is 2.09. The van der Waals surface area contributed by atoms with Crippen LogP contribution in [0, 0.1) is 11.2 Å². The molecule has 0 saturated carbocycles. The lowest BCUT2D eigenvalue weighted by Gasteiger charge is -2.38. The number of hydrogen-bond donors (Lipinski definition) is 1. The van der Waals surface area contributed by atoms with Gasteiger partial charge in [-0.1, -0.05) is 19.9 Å². The van der Waals surface area contributed by atoms with Crippen molar-refractivity contribution >= 4 is 5.97 Å². The average molecular weight is 265 g/mol. The van der Waals surface area contributed by atoms with Gasteiger partial charge in [0.25, 0.3) is 0 Å². The standard InChI is InChI=1S/C15H20FNO2/c1-15(2)6-3-7-17(10-15)9-12-5-4-11(14(18)19)8-13(12)16/h4-5,8H,3,6-7,9-10H2,1-2H3,(H,18,19). The molecule has 1 heterocycles. The fourth-order valence-corrected chi connectivity index (χ4v) is 2.73. The molecule has 0 bridgehead atoms. The van der Waals surface area contributed by atoms with Crippen molar-refractivity contribution in [3.63, 3.8) is 0 Å². The van der Waals surface area contributed by atoms with Gasteiger partial charge >= 0.3 is 5.97 Å². The topological polar surface area (TPSA) is 40.5 Å². The van der Waals surface area contributed by atoms with E-state index in [1.807, 2.05) is 0 Å². The summed E-state index contributed by atoms with van der Waals surface area (Å²) < 4.78 is 13.9. The van der Waals surface area contributed by atoms with E-state index in [1.54, 1.807) is 6.07 Å². The Bertz CT molecular complexity index is 485. The third-order valence-electron chi connectivity index (χ3n) is 3.67. The molecule has 0 spiro atoms. The van der Waals surface area contributed by atoms with Crippen molar-refractivity contribution < 1.29 is 14.3 Å². The van der Waals surface area contributed by atoms with E-state index in [2.05, 4.69) is 18.7 Å². The normalized spacial score (nSPS) is 19.3. The minimum absolute atomic E-state index is 0.000207. The molecule has 0 atom stereocenters. The van der Waals surface area contributed by atoms with E-state index in [-0.39, 0.29) is 11.0 Å². The van der Waals surface area contributed by atoms with Crippen molar-refractivity contribution in [2.45, 2.75) is 33.2 Å². The smallest absolute Gasteiger partial charge is 0.335 e. The van der Waals surface area contributed by atoms with Crippen LogP contribution in [0.25, 0.3) is 0 Å². The Morgan fingerprint density at radius 2 is 2.21 bits per heavy atom. The van der Waals surface area contributed by atoms with Gasteiger partial charge in [0.05, 0.1) is 5.56 Å². The molecule has 0 aromatic heterocycles. The molecule has 0 amide bonds. The monoisotopic (exact) mass is 265 g/mol. The number of likely N-dealkylation sites (tertiary alicyclic amines) is 1. The largest absolute Gasteiger partial charge is 0.478 e. The molecule has 1 fully saturated rings. The Morgan fingerprint density at radius 3 is 2.79 bits per heavy atom. The molecule has 4 heteroatoms. The molecule has 1 aliphatic rings. The summed E-state index contributed by atoms with van der Waals surface area (Å²) in [5.41, 5.74) is 0.846. The van der Waals surface area contributed by atoms with Gasteiger partial charge in [0.15, 0.2) is 0 Å². The van der Waals surface area contributed by atoms with Crippen LogP contribution in [0.15, 0.2) is 18.2 Å². The van der Waals surface area contributed by atoms with Gasteiger partial charge in [0.1, 0.15) is 5.82 Å². The minimum atomic E-state index is -1.09. The first kappa shape index (κ1) is 14.0. The van der Waals surface area contributed by atoms with Gasteiger partial charge in [-0.25, -0.2) is 9.18 Å². The molecule has 104 valence electrons. The predicted molar refractivity (Wildman–Crippen MR) is 71.7 cm³/mol. The number of rotatable bonds is 3. The number of carboxylic acid groups (broad SMARTS) is 1. The van der Waals surface area contributed by atoms with Gasteiger partial charge in [0, 0.05) is 18.7 Å². The van der Waals surface area contributed by atoms with Crippen molar-refractivity contribution in [2.75, 3.05) is 13.1 Å². The molecule has 3 nitrogen and oxygen atoms in total. The Labute approximate surface area is 113 Å². The number of halogens is 1.